The van der Waals surface area contributed by atoms with E-state index in [-0.39, 0.29) is 12.2 Å². The van der Waals surface area contributed by atoms with Crippen LogP contribution < -0.4 is 4.74 Å². The van der Waals surface area contributed by atoms with Crippen molar-refractivity contribution < 1.29 is 19.4 Å². The molecule has 1 aromatic carbocycles. The van der Waals surface area contributed by atoms with Crippen LogP contribution in [0.1, 0.15) is 49.0 Å². The Bertz CT molecular complexity index is 451. The molecule has 4 heteroatoms. The molecule has 1 aromatic rings. The van der Waals surface area contributed by atoms with Crippen LogP contribution in [0.3, 0.4) is 0 Å². The van der Waals surface area contributed by atoms with Crippen molar-refractivity contribution in [3.05, 3.63) is 29.3 Å². The van der Waals surface area contributed by atoms with Gasteiger partial charge in [0.2, 0.25) is 0 Å². The maximum absolute atomic E-state index is 11.4. The fraction of sp³-hybridized carbons (Fsp3) is 0.467. The summed E-state index contributed by atoms with van der Waals surface area (Å²) in [7, 11) is 0. The molecule has 0 unspecified atom stereocenters. The number of hydrogen-bond acceptors (Lipinski definition) is 3. The van der Waals surface area contributed by atoms with Crippen LogP contribution in [0.2, 0.25) is 0 Å². The number of carbonyl (C=O) groups is 2. The number of fused-ring (bicyclic) bond motifs is 1. The second kappa shape index (κ2) is 7.56. The van der Waals surface area contributed by atoms with Gasteiger partial charge < -0.3 is 9.84 Å². The van der Waals surface area contributed by atoms with Gasteiger partial charge in [-0.25, -0.2) is 0 Å². The quantitative estimate of drug-likeness (QED) is 0.830. The molecule has 104 valence electrons. The van der Waals surface area contributed by atoms with E-state index in [9.17, 15) is 9.59 Å². The largest absolute Gasteiger partial charge is 0.494 e. The Morgan fingerprint density at radius 3 is 2.74 bits per heavy atom. The Kier molecular flexibility index (Phi) is 6.06. The molecule has 0 heterocycles. The molecule has 1 N–H and O–H groups in total. The van der Waals surface area contributed by atoms with Crippen molar-refractivity contribution in [2.45, 2.75) is 39.5 Å². The zero-order valence-corrected chi connectivity index (χ0v) is 11.4. The lowest BCUT2D eigenvalue weighted by atomic mass is 10.1. The van der Waals surface area contributed by atoms with Crippen LogP contribution in [-0.2, 0) is 11.2 Å². The SMILES string of the molecule is CC.O=C(O)CCCOc1ccc2c(c1)CCC2=O. The van der Waals surface area contributed by atoms with Gasteiger partial charge >= 0.3 is 5.97 Å². The molecule has 0 spiro atoms. The maximum atomic E-state index is 11.4. The number of Topliss-reactive ketones (excluding diaryl/α,β-unsaturated/α-hetero) is 1. The van der Waals surface area contributed by atoms with Crippen molar-refractivity contribution in [3.63, 3.8) is 0 Å². The monoisotopic (exact) mass is 264 g/mol. The number of aliphatic carboxylic acids is 1. The predicted octanol–water partition coefficient (Wildman–Crippen LogP) is 3.09. The third kappa shape index (κ3) is 4.39. The maximum Gasteiger partial charge on any atom is 0.303 e. The van der Waals surface area contributed by atoms with E-state index in [4.69, 9.17) is 9.84 Å². The number of carboxylic acid groups (broad SMARTS) is 1. The number of ketones is 1. The zero-order valence-electron chi connectivity index (χ0n) is 11.4. The summed E-state index contributed by atoms with van der Waals surface area (Å²) in [6.07, 6.45) is 1.97. The van der Waals surface area contributed by atoms with Crippen LogP contribution >= 0.6 is 0 Å². The normalized spacial score (nSPS) is 12.4. The van der Waals surface area contributed by atoms with E-state index in [1.54, 1.807) is 12.1 Å². The first-order valence-corrected chi connectivity index (χ1v) is 6.67. The number of hydrogen-bond donors (Lipinski definition) is 1. The standard InChI is InChI=1S/C13H14O4.C2H6/c14-12-6-3-9-8-10(4-5-11(9)12)17-7-1-2-13(15)16;1-2/h4-5,8H,1-3,6-7H2,(H,15,16);1-2H3. The van der Waals surface area contributed by atoms with Crippen LogP contribution in [0.4, 0.5) is 0 Å². The minimum absolute atomic E-state index is 0.115. The van der Waals surface area contributed by atoms with Crippen molar-refractivity contribution in [2.75, 3.05) is 6.61 Å². The average Bonchev–Trinajstić information content (AvgIpc) is 2.78. The molecule has 0 amide bonds. The van der Waals surface area contributed by atoms with E-state index >= 15 is 0 Å². The van der Waals surface area contributed by atoms with Gasteiger partial charge in [0.25, 0.3) is 0 Å². The third-order valence-electron chi connectivity index (χ3n) is 2.80. The fourth-order valence-electron chi connectivity index (χ4n) is 1.94. The first-order valence-electron chi connectivity index (χ1n) is 6.67. The Morgan fingerprint density at radius 1 is 1.32 bits per heavy atom. The molecular formula is C15H20O4. The van der Waals surface area contributed by atoms with Gasteiger partial charge in [-0.2, -0.15) is 0 Å². The van der Waals surface area contributed by atoms with Crippen LogP contribution in [-0.4, -0.2) is 23.5 Å². The summed E-state index contributed by atoms with van der Waals surface area (Å²) < 4.78 is 5.44. The lowest BCUT2D eigenvalue weighted by molar-refractivity contribution is -0.137. The summed E-state index contributed by atoms with van der Waals surface area (Å²) in [5.74, 6) is 0.0921. The van der Waals surface area contributed by atoms with Gasteiger partial charge in [-0.1, -0.05) is 13.8 Å². The molecule has 1 aliphatic carbocycles. The molecule has 0 bridgehead atoms. The molecule has 1 aliphatic rings. The second-order valence-corrected chi connectivity index (χ2v) is 4.09. The van der Waals surface area contributed by atoms with E-state index in [0.717, 1.165) is 17.5 Å². The smallest absolute Gasteiger partial charge is 0.303 e. The average molecular weight is 264 g/mol. The van der Waals surface area contributed by atoms with Gasteiger partial charge in [-0.3, -0.25) is 9.59 Å². The molecule has 19 heavy (non-hydrogen) atoms. The Labute approximate surface area is 113 Å². The van der Waals surface area contributed by atoms with Gasteiger partial charge in [0, 0.05) is 18.4 Å². The molecule has 0 radical (unpaired) electrons. The number of rotatable bonds is 5. The summed E-state index contributed by atoms with van der Waals surface area (Å²) in [5.41, 5.74) is 1.83. The molecule has 0 aromatic heterocycles. The lowest BCUT2D eigenvalue weighted by Crippen LogP contribution is -2.02. The highest BCUT2D eigenvalue weighted by molar-refractivity contribution is 6.00. The van der Waals surface area contributed by atoms with Crippen LogP contribution in [0.5, 0.6) is 5.75 Å². The minimum Gasteiger partial charge on any atom is -0.494 e. The summed E-state index contributed by atoms with van der Waals surface area (Å²) in [5, 5.41) is 8.47. The number of aryl methyl sites for hydroxylation is 1. The van der Waals surface area contributed by atoms with Gasteiger partial charge in [0.15, 0.2) is 5.78 Å². The van der Waals surface area contributed by atoms with Crippen molar-refractivity contribution in [1.29, 1.82) is 0 Å². The van der Waals surface area contributed by atoms with E-state index in [2.05, 4.69) is 0 Å². The van der Waals surface area contributed by atoms with Gasteiger partial charge in [0.05, 0.1) is 6.61 Å². The second-order valence-electron chi connectivity index (χ2n) is 4.09. The van der Waals surface area contributed by atoms with Crippen LogP contribution in [0.15, 0.2) is 18.2 Å². The highest BCUT2D eigenvalue weighted by Gasteiger charge is 2.19. The lowest BCUT2D eigenvalue weighted by Gasteiger charge is -2.06. The van der Waals surface area contributed by atoms with Crippen molar-refractivity contribution >= 4 is 11.8 Å². The third-order valence-corrected chi connectivity index (χ3v) is 2.80. The molecule has 0 saturated carbocycles. The Hall–Kier alpha value is -1.84. The van der Waals surface area contributed by atoms with Gasteiger partial charge in [0.1, 0.15) is 5.75 Å². The van der Waals surface area contributed by atoms with Crippen LogP contribution in [0.25, 0.3) is 0 Å². The molecule has 2 rings (SSSR count). The number of benzene rings is 1. The molecular weight excluding hydrogens is 244 g/mol. The summed E-state index contributed by atoms with van der Waals surface area (Å²) in [6.45, 7) is 4.39. The fourth-order valence-corrected chi connectivity index (χ4v) is 1.94. The summed E-state index contributed by atoms with van der Waals surface area (Å²) in [4.78, 5) is 21.7. The predicted molar refractivity (Wildman–Crippen MR) is 72.8 cm³/mol. The first kappa shape index (κ1) is 15.2. The van der Waals surface area contributed by atoms with E-state index in [1.807, 2.05) is 19.9 Å². The molecule has 4 nitrogen and oxygen atoms in total. The van der Waals surface area contributed by atoms with E-state index < -0.39 is 5.97 Å². The molecule has 0 atom stereocenters. The Balaban J connectivity index is 0.000000861. The van der Waals surface area contributed by atoms with Gasteiger partial charge in [-0.05, 0) is 36.6 Å². The molecule has 0 saturated heterocycles. The first-order chi connectivity index (χ1) is 9.16. The van der Waals surface area contributed by atoms with Gasteiger partial charge in [-0.15, -0.1) is 0 Å². The molecule has 0 aliphatic heterocycles. The zero-order chi connectivity index (χ0) is 14.3. The highest BCUT2D eigenvalue weighted by atomic mass is 16.5. The Morgan fingerprint density at radius 2 is 2.05 bits per heavy atom. The minimum atomic E-state index is -0.812. The van der Waals surface area contributed by atoms with E-state index in [1.165, 1.54) is 0 Å². The topological polar surface area (TPSA) is 63.6 Å². The van der Waals surface area contributed by atoms with Crippen molar-refractivity contribution in [2.24, 2.45) is 0 Å². The molecule has 0 fully saturated rings. The number of ether oxygens (including phenoxy) is 1. The highest BCUT2D eigenvalue weighted by Crippen LogP contribution is 2.26. The van der Waals surface area contributed by atoms with Crippen molar-refractivity contribution in [3.8, 4) is 5.75 Å². The summed E-state index contributed by atoms with van der Waals surface area (Å²) in [6, 6.07) is 5.43. The van der Waals surface area contributed by atoms with Crippen molar-refractivity contribution in [1.82, 2.24) is 0 Å². The summed E-state index contributed by atoms with van der Waals surface area (Å²) >= 11 is 0. The van der Waals surface area contributed by atoms with Crippen LogP contribution in [0, 0.1) is 0 Å². The number of carbonyl (C=O) groups excluding carboxylic acids is 1. The van der Waals surface area contributed by atoms with E-state index in [0.29, 0.717) is 25.2 Å². The number of carboxylic acids is 1.